The number of rotatable bonds is 1. The van der Waals surface area contributed by atoms with E-state index in [0.29, 0.717) is 5.92 Å². The Balaban J connectivity index is 1.74. The molecule has 0 heterocycles. The summed E-state index contributed by atoms with van der Waals surface area (Å²) in [6, 6.07) is 20.4. The summed E-state index contributed by atoms with van der Waals surface area (Å²) in [6.45, 7) is 0. The van der Waals surface area contributed by atoms with Crippen LogP contribution in [0.15, 0.2) is 54.6 Å². The van der Waals surface area contributed by atoms with Crippen LogP contribution in [-0.2, 0) is 0 Å². The molecular weight excluding hydrogens is 288 g/mol. The van der Waals surface area contributed by atoms with Crippen LogP contribution in [0.5, 0.6) is 0 Å². The molecule has 1 aliphatic carbocycles. The van der Waals surface area contributed by atoms with Gasteiger partial charge in [-0.25, -0.2) is 0 Å². The second-order valence-electron chi connectivity index (χ2n) is 7.33. The van der Waals surface area contributed by atoms with Gasteiger partial charge in [0.15, 0.2) is 0 Å². The van der Waals surface area contributed by atoms with Crippen LogP contribution in [0.3, 0.4) is 0 Å². The summed E-state index contributed by atoms with van der Waals surface area (Å²) in [5.41, 5.74) is 1.56. The van der Waals surface area contributed by atoms with Crippen molar-refractivity contribution in [2.45, 2.75) is 57.3 Å². The van der Waals surface area contributed by atoms with Crippen molar-refractivity contribution in [3.63, 3.8) is 0 Å². The molecule has 3 aromatic rings. The van der Waals surface area contributed by atoms with E-state index < -0.39 is 0 Å². The van der Waals surface area contributed by atoms with E-state index in [1.807, 2.05) is 0 Å². The van der Waals surface area contributed by atoms with Crippen LogP contribution < -0.4 is 0 Å². The monoisotopic (exact) mass is 315 g/mol. The van der Waals surface area contributed by atoms with E-state index in [1.165, 1.54) is 72.9 Å². The highest BCUT2D eigenvalue weighted by atomic mass is 14.2. The highest BCUT2D eigenvalue weighted by Crippen LogP contribution is 2.35. The first kappa shape index (κ1) is 15.7. The van der Waals surface area contributed by atoms with Crippen LogP contribution in [0, 0.1) is 6.42 Å². The Kier molecular flexibility index (Phi) is 4.83. The van der Waals surface area contributed by atoms with Gasteiger partial charge >= 0.3 is 0 Å². The summed E-state index contributed by atoms with van der Waals surface area (Å²) in [4.78, 5) is 0. The van der Waals surface area contributed by atoms with Gasteiger partial charge in [-0.15, -0.1) is 0 Å². The quantitative estimate of drug-likeness (QED) is 0.410. The van der Waals surface area contributed by atoms with E-state index in [1.54, 1.807) is 5.56 Å². The molecule has 1 unspecified atom stereocenters. The minimum absolute atomic E-state index is 0.688. The van der Waals surface area contributed by atoms with Crippen molar-refractivity contribution in [1.82, 2.24) is 0 Å². The highest BCUT2D eigenvalue weighted by Gasteiger charge is 2.15. The normalized spacial score (nSPS) is 18.0. The summed E-state index contributed by atoms with van der Waals surface area (Å²) >= 11 is 0. The first-order valence-electron chi connectivity index (χ1n) is 9.65. The van der Waals surface area contributed by atoms with Crippen LogP contribution in [-0.4, -0.2) is 0 Å². The zero-order chi connectivity index (χ0) is 16.2. The third-order valence-corrected chi connectivity index (χ3v) is 5.63. The molecule has 0 amide bonds. The fourth-order valence-electron chi connectivity index (χ4n) is 4.28. The van der Waals surface area contributed by atoms with E-state index in [9.17, 15) is 0 Å². The molecule has 1 saturated carbocycles. The maximum Gasteiger partial charge on any atom is -0.0143 e. The van der Waals surface area contributed by atoms with Crippen LogP contribution in [0.2, 0.25) is 0 Å². The maximum atomic E-state index is 2.55. The topological polar surface area (TPSA) is 0 Å². The molecule has 0 spiro atoms. The maximum absolute atomic E-state index is 2.55. The lowest BCUT2D eigenvalue weighted by Gasteiger charge is -2.21. The molecule has 123 valence electrons. The summed E-state index contributed by atoms with van der Waals surface area (Å²) < 4.78 is 0. The lowest BCUT2D eigenvalue weighted by Crippen LogP contribution is -2.02. The Labute approximate surface area is 145 Å². The summed E-state index contributed by atoms with van der Waals surface area (Å²) in [6.07, 6.45) is 13.4. The first-order valence-corrected chi connectivity index (χ1v) is 9.65. The molecular formula is C24H27. The lowest BCUT2D eigenvalue weighted by molar-refractivity contribution is 0.508. The van der Waals surface area contributed by atoms with Gasteiger partial charge in [0.1, 0.15) is 0 Å². The molecule has 1 atom stereocenters. The number of benzene rings is 3. The summed E-state index contributed by atoms with van der Waals surface area (Å²) in [5.74, 6) is 0.688. The third-order valence-electron chi connectivity index (χ3n) is 5.63. The molecule has 1 fully saturated rings. The minimum Gasteiger partial charge on any atom is -0.0616 e. The summed E-state index contributed by atoms with van der Waals surface area (Å²) in [7, 11) is 0. The van der Waals surface area contributed by atoms with Crippen molar-refractivity contribution >= 4 is 21.5 Å². The van der Waals surface area contributed by atoms with Gasteiger partial charge in [-0.3, -0.25) is 0 Å². The van der Waals surface area contributed by atoms with Crippen molar-refractivity contribution in [2.24, 2.45) is 0 Å². The molecule has 0 aliphatic heterocycles. The van der Waals surface area contributed by atoms with Crippen molar-refractivity contribution in [1.29, 1.82) is 0 Å². The van der Waals surface area contributed by atoms with Crippen molar-refractivity contribution in [3.05, 3.63) is 66.6 Å². The van der Waals surface area contributed by atoms with Crippen LogP contribution >= 0.6 is 0 Å². The predicted octanol–water partition coefficient (Wildman–Crippen LogP) is 7.42. The molecule has 24 heavy (non-hydrogen) atoms. The van der Waals surface area contributed by atoms with Gasteiger partial charge in [0.2, 0.25) is 0 Å². The second kappa shape index (κ2) is 7.38. The summed E-state index contributed by atoms with van der Waals surface area (Å²) in [5, 5.41) is 5.57. The average Bonchev–Trinajstić information content (AvgIpc) is 2.64. The standard InChI is InChI=1S/C24H27/c1-2-4-6-11-19(12-7-5-3-1)23-16-10-15-22-17-20-13-8-9-14-21(20)18-24(22)23/h6,8-10,13-19H,1-5,7,11-12H2. The molecule has 0 nitrogen and oxygen atoms in total. The molecule has 0 N–H and O–H groups in total. The Hall–Kier alpha value is -1.82. The largest absolute Gasteiger partial charge is 0.0616 e. The lowest BCUT2D eigenvalue weighted by atomic mass is 9.84. The van der Waals surface area contributed by atoms with Gasteiger partial charge in [-0.1, -0.05) is 81.0 Å². The Bertz CT molecular complexity index is 805. The molecule has 0 bridgehead atoms. The first-order chi connectivity index (χ1) is 11.9. The Morgan fingerprint density at radius 2 is 1.42 bits per heavy atom. The van der Waals surface area contributed by atoms with Gasteiger partial charge in [0.25, 0.3) is 0 Å². The molecule has 4 rings (SSSR count). The van der Waals surface area contributed by atoms with Crippen LogP contribution in [0.4, 0.5) is 0 Å². The fourth-order valence-corrected chi connectivity index (χ4v) is 4.28. The van der Waals surface area contributed by atoms with Gasteiger partial charge < -0.3 is 0 Å². The van der Waals surface area contributed by atoms with E-state index in [4.69, 9.17) is 0 Å². The molecule has 1 radical (unpaired) electrons. The smallest absolute Gasteiger partial charge is 0.0143 e. The zero-order valence-electron chi connectivity index (χ0n) is 14.5. The van der Waals surface area contributed by atoms with Crippen molar-refractivity contribution in [2.75, 3.05) is 0 Å². The zero-order valence-corrected chi connectivity index (χ0v) is 14.5. The van der Waals surface area contributed by atoms with E-state index in [2.05, 4.69) is 61.0 Å². The van der Waals surface area contributed by atoms with Crippen LogP contribution in [0.1, 0.15) is 62.8 Å². The van der Waals surface area contributed by atoms with Gasteiger partial charge in [0, 0.05) is 0 Å². The van der Waals surface area contributed by atoms with Crippen LogP contribution in [0.25, 0.3) is 21.5 Å². The molecule has 0 aromatic heterocycles. The van der Waals surface area contributed by atoms with Gasteiger partial charge in [0.05, 0.1) is 0 Å². The average molecular weight is 315 g/mol. The number of fused-ring (bicyclic) bond motifs is 2. The Morgan fingerprint density at radius 1 is 0.667 bits per heavy atom. The molecule has 3 aromatic carbocycles. The fraction of sp³-hybridized carbons (Fsp3) is 0.375. The molecule has 0 heteroatoms. The number of hydrogen-bond donors (Lipinski definition) is 0. The van der Waals surface area contributed by atoms with Gasteiger partial charge in [-0.05, 0) is 64.4 Å². The van der Waals surface area contributed by atoms with E-state index in [-0.39, 0.29) is 0 Å². The van der Waals surface area contributed by atoms with E-state index >= 15 is 0 Å². The second-order valence-corrected chi connectivity index (χ2v) is 7.33. The van der Waals surface area contributed by atoms with Crippen molar-refractivity contribution < 1.29 is 0 Å². The van der Waals surface area contributed by atoms with Gasteiger partial charge in [-0.2, -0.15) is 0 Å². The SMILES string of the molecule is [CH]1CCCCCCCC(c2cccc3cc4ccccc4cc23)C1. The molecule has 1 aliphatic rings. The van der Waals surface area contributed by atoms with E-state index in [0.717, 1.165) is 0 Å². The predicted molar refractivity (Wildman–Crippen MR) is 105 cm³/mol. The highest BCUT2D eigenvalue weighted by molar-refractivity contribution is 5.99. The third kappa shape index (κ3) is 3.34. The number of hydrogen-bond acceptors (Lipinski definition) is 0. The minimum atomic E-state index is 0.688. The molecule has 0 saturated heterocycles. The van der Waals surface area contributed by atoms with Crippen molar-refractivity contribution in [3.8, 4) is 0 Å². The Morgan fingerprint density at radius 3 is 2.33 bits per heavy atom.